The second-order valence-corrected chi connectivity index (χ2v) is 3.50. The van der Waals surface area contributed by atoms with Gasteiger partial charge in [0.15, 0.2) is 0 Å². The SMILES string of the molecule is O=C(O)NCCNC(=O)Nc1ccccc1Cl. The van der Waals surface area contributed by atoms with Crippen LogP contribution in [0, 0.1) is 0 Å². The molecule has 3 amide bonds. The van der Waals surface area contributed by atoms with Gasteiger partial charge in [-0.25, -0.2) is 9.59 Å². The Bertz CT molecular complexity index is 412. The molecule has 0 aromatic heterocycles. The number of carboxylic acid groups (broad SMARTS) is 1. The van der Waals surface area contributed by atoms with Crippen LogP contribution in [0.15, 0.2) is 24.3 Å². The average Bonchev–Trinajstić information content (AvgIpc) is 2.27. The maximum Gasteiger partial charge on any atom is 0.404 e. The fraction of sp³-hybridized carbons (Fsp3) is 0.200. The number of rotatable bonds is 4. The average molecular weight is 258 g/mol. The van der Waals surface area contributed by atoms with Crippen molar-refractivity contribution in [2.75, 3.05) is 18.4 Å². The van der Waals surface area contributed by atoms with Crippen LogP contribution in [0.3, 0.4) is 0 Å². The summed E-state index contributed by atoms with van der Waals surface area (Å²) in [6.45, 7) is 0.341. The quantitative estimate of drug-likeness (QED) is 0.619. The smallest absolute Gasteiger partial charge is 0.404 e. The number of halogens is 1. The first-order valence-electron chi connectivity index (χ1n) is 4.86. The molecule has 0 aliphatic rings. The van der Waals surface area contributed by atoms with Gasteiger partial charge in [-0.1, -0.05) is 23.7 Å². The number of para-hydroxylation sites is 1. The van der Waals surface area contributed by atoms with E-state index in [-0.39, 0.29) is 13.1 Å². The third-order valence-corrected chi connectivity index (χ3v) is 2.14. The first-order chi connectivity index (χ1) is 8.09. The molecule has 1 aromatic carbocycles. The molecular formula is C10H12ClN3O3. The molecule has 0 aliphatic heterocycles. The third kappa shape index (κ3) is 5.07. The molecule has 0 fully saturated rings. The van der Waals surface area contributed by atoms with Crippen molar-refractivity contribution in [3.63, 3.8) is 0 Å². The lowest BCUT2D eigenvalue weighted by Gasteiger charge is -2.08. The Kier molecular flexibility index (Phi) is 5.09. The Hall–Kier alpha value is -1.95. The monoisotopic (exact) mass is 257 g/mol. The fourth-order valence-corrected chi connectivity index (χ4v) is 1.26. The highest BCUT2D eigenvalue weighted by Gasteiger charge is 2.03. The normalized spacial score (nSPS) is 9.47. The van der Waals surface area contributed by atoms with Crippen LogP contribution in [0.25, 0.3) is 0 Å². The maximum atomic E-state index is 11.4. The van der Waals surface area contributed by atoms with Gasteiger partial charge in [0.2, 0.25) is 0 Å². The minimum Gasteiger partial charge on any atom is -0.465 e. The summed E-state index contributed by atoms with van der Waals surface area (Å²) < 4.78 is 0. The van der Waals surface area contributed by atoms with Crippen molar-refractivity contribution in [3.05, 3.63) is 29.3 Å². The highest BCUT2D eigenvalue weighted by atomic mass is 35.5. The van der Waals surface area contributed by atoms with E-state index in [4.69, 9.17) is 16.7 Å². The van der Waals surface area contributed by atoms with E-state index in [2.05, 4.69) is 16.0 Å². The number of amides is 3. The molecule has 1 rings (SSSR count). The van der Waals surface area contributed by atoms with E-state index in [0.717, 1.165) is 0 Å². The zero-order valence-electron chi connectivity index (χ0n) is 8.87. The van der Waals surface area contributed by atoms with Crippen LogP contribution in [-0.2, 0) is 0 Å². The molecule has 0 atom stereocenters. The summed E-state index contributed by atoms with van der Waals surface area (Å²) in [5.41, 5.74) is 0.498. The van der Waals surface area contributed by atoms with Gasteiger partial charge in [0.25, 0.3) is 0 Å². The molecule has 7 heteroatoms. The Balaban J connectivity index is 2.30. The molecule has 0 saturated heterocycles. The Morgan fingerprint density at radius 2 is 1.82 bits per heavy atom. The minimum atomic E-state index is -1.13. The van der Waals surface area contributed by atoms with E-state index in [0.29, 0.717) is 10.7 Å². The summed E-state index contributed by atoms with van der Waals surface area (Å²) in [6.07, 6.45) is -1.13. The zero-order chi connectivity index (χ0) is 12.7. The second-order valence-electron chi connectivity index (χ2n) is 3.09. The van der Waals surface area contributed by atoms with Gasteiger partial charge in [0.1, 0.15) is 0 Å². The van der Waals surface area contributed by atoms with Gasteiger partial charge in [0, 0.05) is 13.1 Å². The van der Waals surface area contributed by atoms with Gasteiger partial charge in [-0.15, -0.1) is 0 Å². The molecule has 0 aliphatic carbocycles. The summed E-state index contributed by atoms with van der Waals surface area (Å²) in [6, 6.07) is 6.38. The lowest BCUT2D eigenvalue weighted by atomic mass is 10.3. The highest BCUT2D eigenvalue weighted by molar-refractivity contribution is 6.33. The molecule has 1 aromatic rings. The standard InChI is InChI=1S/C10H12ClN3O3/c11-7-3-1-2-4-8(7)14-9(15)12-5-6-13-10(16)17/h1-4,13H,5-6H2,(H,16,17)(H2,12,14,15). The van der Waals surface area contributed by atoms with Crippen molar-refractivity contribution in [2.24, 2.45) is 0 Å². The number of benzene rings is 1. The number of nitrogens with one attached hydrogen (secondary N) is 3. The van der Waals surface area contributed by atoms with Crippen LogP contribution in [0.5, 0.6) is 0 Å². The minimum absolute atomic E-state index is 0.144. The Morgan fingerprint density at radius 3 is 2.47 bits per heavy atom. The van der Waals surface area contributed by atoms with Crippen LogP contribution < -0.4 is 16.0 Å². The Morgan fingerprint density at radius 1 is 1.18 bits per heavy atom. The van der Waals surface area contributed by atoms with E-state index in [1.54, 1.807) is 24.3 Å². The molecule has 0 heterocycles. The van der Waals surface area contributed by atoms with Crippen molar-refractivity contribution in [1.29, 1.82) is 0 Å². The number of hydrogen-bond donors (Lipinski definition) is 4. The summed E-state index contributed by atoms with van der Waals surface area (Å²) in [4.78, 5) is 21.5. The highest BCUT2D eigenvalue weighted by Crippen LogP contribution is 2.19. The molecule has 0 unspecified atom stereocenters. The summed E-state index contributed by atoms with van der Waals surface area (Å²) in [5, 5.41) is 15.9. The summed E-state index contributed by atoms with van der Waals surface area (Å²) in [7, 11) is 0. The lowest BCUT2D eigenvalue weighted by molar-refractivity contribution is 0.194. The topological polar surface area (TPSA) is 90.5 Å². The number of carbonyl (C=O) groups excluding carboxylic acids is 1. The molecule has 6 nitrogen and oxygen atoms in total. The number of urea groups is 1. The second kappa shape index (κ2) is 6.59. The van der Waals surface area contributed by atoms with E-state index in [1.807, 2.05) is 0 Å². The Labute approximate surface area is 103 Å². The first kappa shape index (κ1) is 13.1. The predicted octanol–water partition coefficient (Wildman–Crippen LogP) is 1.73. The molecule has 0 bridgehead atoms. The molecule has 4 N–H and O–H groups in total. The maximum absolute atomic E-state index is 11.4. The number of hydrogen-bond acceptors (Lipinski definition) is 2. The van der Waals surface area contributed by atoms with Gasteiger partial charge in [-0.05, 0) is 12.1 Å². The van der Waals surface area contributed by atoms with Gasteiger partial charge < -0.3 is 21.1 Å². The van der Waals surface area contributed by atoms with Crippen LogP contribution in [0.4, 0.5) is 15.3 Å². The van der Waals surface area contributed by atoms with E-state index < -0.39 is 12.1 Å². The molecule has 92 valence electrons. The van der Waals surface area contributed by atoms with Crippen LogP contribution in [0.1, 0.15) is 0 Å². The summed E-state index contributed by atoms with van der Waals surface area (Å²) in [5.74, 6) is 0. The molecular weight excluding hydrogens is 246 g/mol. The van der Waals surface area contributed by atoms with E-state index in [9.17, 15) is 9.59 Å². The van der Waals surface area contributed by atoms with Crippen LogP contribution in [0.2, 0.25) is 5.02 Å². The van der Waals surface area contributed by atoms with Crippen LogP contribution >= 0.6 is 11.6 Å². The molecule has 0 saturated carbocycles. The van der Waals surface area contributed by atoms with Crippen molar-refractivity contribution < 1.29 is 14.7 Å². The fourth-order valence-electron chi connectivity index (χ4n) is 1.07. The van der Waals surface area contributed by atoms with Gasteiger partial charge in [0.05, 0.1) is 10.7 Å². The van der Waals surface area contributed by atoms with E-state index in [1.165, 1.54) is 0 Å². The lowest BCUT2D eigenvalue weighted by Crippen LogP contribution is -2.36. The van der Waals surface area contributed by atoms with Gasteiger partial charge in [-0.2, -0.15) is 0 Å². The number of carbonyl (C=O) groups is 2. The van der Waals surface area contributed by atoms with Crippen molar-refractivity contribution in [1.82, 2.24) is 10.6 Å². The van der Waals surface area contributed by atoms with E-state index >= 15 is 0 Å². The summed E-state index contributed by atoms with van der Waals surface area (Å²) >= 11 is 5.84. The third-order valence-electron chi connectivity index (χ3n) is 1.81. The molecule has 17 heavy (non-hydrogen) atoms. The first-order valence-corrected chi connectivity index (χ1v) is 5.23. The van der Waals surface area contributed by atoms with Crippen molar-refractivity contribution in [3.8, 4) is 0 Å². The van der Waals surface area contributed by atoms with Crippen molar-refractivity contribution in [2.45, 2.75) is 0 Å². The predicted molar refractivity (Wildman–Crippen MR) is 64.5 cm³/mol. The molecule has 0 spiro atoms. The number of anilines is 1. The van der Waals surface area contributed by atoms with Crippen LogP contribution in [-0.4, -0.2) is 30.3 Å². The van der Waals surface area contributed by atoms with Gasteiger partial charge in [-0.3, -0.25) is 0 Å². The zero-order valence-corrected chi connectivity index (χ0v) is 9.62. The van der Waals surface area contributed by atoms with Crippen molar-refractivity contribution >= 4 is 29.4 Å². The molecule has 0 radical (unpaired) electrons. The van der Waals surface area contributed by atoms with Gasteiger partial charge >= 0.3 is 12.1 Å². The largest absolute Gasteiger partial charge is 0.465 e.